The summed E-state index contributed by atoms with van der Waals surface area (Å²) in [5.74, 6) is 0.0714. The fourth-order valence-corrected chi connectivity index (χ4v) is 3.13. The summed E-state index contributed by atoms with van der Waals surface area (Å²) in [6.45, 7) is 4.25. The first-order valence-electron chi connectivity index (χ1n) is 7.47. The molecule has 0 aliphatic carbocycles. The van der Waals surface area contributed by atoms with Crippen LogP contribution in [0, 0.1) is 6.92 Å². The lowest BCUT2D eigenvalue weighted by molar-refractivity contribution is 0.0624. The molecule has 116 valence electrons. The van der Waals surface area contributed by atoms with E-state index < -0.39 is 0 Å². The molecule has 5 heteroatoms. The minimum Gasteiger partial charge on any atom is -0.344 e. The number of amides is 1. The Kier molecular flexibility index (Phi) is 4.23. The first kappa shape index (κ1) is 15.1. The average molecular weight is 318 g/mol. The zero-order chi connectivity index (χ0) is 15.7. The average Bonchev–Trinajstić information content (AvgIpc) is 2.86. The van der Waals surface area contributed by atoms with E-state index >= 15 is 0 Å². The lowest BCUT2D eigenvalue weighted by Gasteiger charge is -2.36. The molecule has 22 heavy (non-hydrogen) atoms. The third-order valence-electron chi connectivity index (χ3n) is 4.33. The Balaban J connectivity index is 1.93. The number of hydrogen-bond acceptors (Lipinski definition) is 2. The second kappa shape index (κ2) is 6.15. The summed E-state index contributed by atoms with van der Waals surface area (Å²) in [5.41, 5.74) is 2.88. The maximum absolute atomic E-state index is 12.9. The van der Waals surface area contributed by atoms with Crippen molar-refractivity contribution < 1.29 is 4.79 Å². The summed E-state index contributed by atoms with van der Waals surface area (Å²) in [4.78, 5) is 14.9. The van der Waals surface area contributed by atoms with Gasteiger partial charge >= 0.3 is 0 Å². The molecular weight excluding hydrogens is 298 g/mol. The summed E-state index contributed by atoms with van der Waals surface area (Å²) in [7, 11) is 1.93. The largest absolute Gasteiger partial charge is 0.344 e. The maximum atomic E-state index is 12.9. The highest BCUT2D eigenvalue weighted by molar-refractivity contribution is 6.30. The van der Waals surface area contributed by atoms with Crippen molar-refractivity contribution in [1.82, 2.24) is 14.8 Å². The number of carbonyl (C=O) groups excluding carboxylic acids is 1. The molecule has 2 aromatic rings. The van der Waals surface area contributed by atoms with E-state index in [9.17, 15) is 4.79 Å². The van der Waals surface area contributed by atoms with Gasteiger partial charge in [-0.2, -0.15) is 0 Å². The highest BCUT2D eigenvalue weighted by atomic mass is 35.5. The van der Waals surface area contributed by atoms with Crippen molar-refractivity contribution in [2.45, 2.75) is 13.0 Å². The first-order valence-corrected chi connectivity index (χ1v) is 7.85. The zero-order valence-corrected chi connectivity index (χ0v) is 13.6. The third kappa shape index (κ3) is 2.76. The molecule has 0 saturated carbocycles. The molecule has 4 nitrogen and oxygen atoms in total. The SMILES string of the molecule is Cc1ccc(C(=O)N2CCNCC2c2cccc(Cl)c2)n1C. The van der Waals surface area contributed by atoms with Gasteiger partial charge in [-0.05, 0) is 36.8 Å². The Hall–Kier alpha value is -1.78. The van der Waals surface area contributed by atoms with Crippen molar-refractivity contribution in [2.24, 2.45) is 7.05 Å². The topological polar surface area (TPSA) is 37.3 Å². The number of nitrogens with one attached hydrogen (secondary N) is 1. The van der Waals surface area contributed by atoms with Crippen molar-refractivity contribution in [3.05, 3.63) is 58.4 Å². The van der Waals surface area contributed by atoms with Crippen LogP contribution >= 0.6 is 11.6 Å². The molecule has 1 saturated heterocycles. The van der Waals surface area contributed by atoms with E-state index in [2.05, 4.69) is 5.32 Å². The van der Waals surface area contributed by atoms with E-state index in [1.165, 1.54) is 0 Å². The number of carbonyl (C=O) groups is 1. The molecule has 1 atom stereocenters. The number of aryl methyl sites for hydroxylation is 1. The number of benzene rings is 1. The number of hydrogen-bond donors (Lipinski definition) is 1. The highest BCUT2D eigenvalue weighted by Gasteiger charge is 2.29. The molecule has 0 bridgehead atoms. The van der Waals surface area contributed by atoms with Gasteiger partial charge in [0.1, 0.15) is 5.69 Å². The molecular formula is C17H20ClN3O. The van der Waals surface area contributed by atoms with Gasteiger partial charge < -0.3 is 14.8 Å². The predicted octanol–water partition coefficient (Wildman–Crippen LogP) is 2.77. The molecule has 3 rings (SSSR count). The zero-order valence-electron chi connectivity index (χ0n) is 12.8. The minimum atomic E-state index is 0.00940. The number of piperazine rings is 1. The molecule has 1 aliphatic heterocycles. The Morgan fingerprint density at radius 1 is 1.32 bits per heavy atom. The highest BCUT2D eigenvalue weighted by Crippen LogP contribution is 2.26. The number of rotatable bonds is 2. The van der Waals surface area contributed by atoms with Crippen LogP contribution in [0.4, 0.5) is 0 Å². The molecule has 1 aliphatic rings. The molecule has 1 fully saturated rings. The van der Waals surface area contributed by atoms with Gasteiger partial charge in [-0.3, -0.25) is 4.79 Å². The molecule has 0 spiro atoms. The summed E-state index contributed by atoms with van der Waals surface area (Å²) in [5, 5.41) is 4.06. The monoisotopic (exact) mass is 317 g/mol. The Morgan fingerprint density at radius 2 is 2.14 bits per heavy atom. The third-order valence-corrected chi connectivity index (χ3v) is 4.56. The molecule has 1 aromatic carbocycles. The van der Waals surface area contributed by atoms with Crippen LogP contribution in [0.5, 0.6) is 0 Å². The smallest absolute Gasteiger partial charge is 0.271 e. The lowest BCUT2D eigenvalue weighted by atomic mass is 10.0. The van der Waals surface area contributed by atoms with E-state index in [0.717, 1.165) is 30.0 Å². The fraction of sp³-hybridized carbons (Fsp3) is 0.353. The second-order valence-corrected chi connectivity index (χ2v) is 6.13. The Labute approximate surface area is 135 Å². The predicted molar refractivity (Wildman–Crippen MR) is 88.2 cm³/mol. The summed E-state index contributed by atoms with van der Waals surface area (Å²) < 4.78 is 1.94. The van der Waals surface area contributed by atoms with E-state index in [4.69, 9.17) is 11.6 Å². The van der Waals surface area contributed by atoms with E-state index in [0.29, 0.717) is 11.6 Å². The van der Waals surface area contributed by atoms with Crippen LogP contribution in [0.2, 0.25) is 5.02 Å². The van der Waals surface area contributed by atoms with Crippen LogP contribution < -0.4 is 5.32 Å². The van der Waals surface area contributed by atoms with Crippen molar-refractivity contribution in [1.29, 1.82) is 0 Å². The lowest BCUT2D eigenvalue weighted by Crippen LogP contribution is -2.49. The van der Waals surface area contributed by atoms with Crippen molar-refractivity contribution in [3.63, 3.8) is 0 Å². The standard InChI is InChI=1S/C17H20ClN3O/c1-12-6-7-15(20(12)2)17(22)21-9-8-19-11-16(21)13-4-3-5-14(18)10-13/h3-7,10,16,19H,8-9,11H2,1-2H3. The van der Waals surface area contributed by atoms with Gasteiger partial charge in [0.15, 0.2) is 0 Å². The van der Waals surface area contributed by atoms with Gasteiger partial charge in [0.25, 0.3) is 5.91 Å². The Morgan fingerprint density at radius 3 is 2.82 bits per heavy atom. The van der Waals surface area contributed by atoms with Crippen LogP contribution in [-0.4, -0.2) is 35.0 Å². The van der Waals surface area contributed by atoms with Crippen molar-refractivity contribution in [2.75, 3.05) is 19.6 Å². The van der Waals surface area contributed by atoms with Crippen LogP contribution in [0.1, 0.15) is 27.8 Å². The van der Waals surface area contributed by atoms with Gasteiger partial charge in [0.2, 0.25) is 0 Å². The van der Waals surface area contributed by atoms with E-state index in [1.807, 2.05) is 59.8 Å². The number of halogens is 1. The normalized spacial score (nSPS) is 18.5. The number of nitrogens with zero attached hydrogens (tertiary/aromatic N) is 2. The molecule has 1 unspecified atom stereocenters. The maximum Gasteiger partial charge on any atom is 0.271 e. The molecule has 0 radical (unpaired) electrons. The van der Waals surface area contributed by atoms with Crippen LogP contribution in [0.25, 0.3) is 0 Å². The minimum absolute atomic E-state index is 0.00940. The molecule has 1 aromatic heterocycles. The van der Waals surface area contributed by atoms with E-state index in [1.54, 1.807) is 0 Å². The Bertz CT molecular complexity index is 695. The molecule has 1 amide bonds. The fourth-order valence-electron chi connectivity index (χ4n) is 2.93. The first-order chi connectivity index (χ1) is 10.6. The van der Waals surface area contributed by atoms with Crippen molar-refractivity contribution in [3.8, 4) is 0 Å². The van der Waals surface area contributed by atoms with Crippen LogP contribution in [0.3, 0.4) is 0 Å². The van der Waals surface area contributed by atoms with Crippen molar-refractivity contribution >= 4 is 17.5 Å². The van der Waals surface area contributed by atoms with Gasteiger partial charge in [-0.25, -0.2) is 0 Å². The second-order valence-electron chi connectivity index (χ2n) is 5.69. The van der Waals surface area contributed by atoms with Crippen LogP contribution in [-0.2, 0) is 7.05 Å². The number of aromatic nitrogens is 1. The summed E-state index contributed by atoms with van der Waals surface area (Å²) in [6.07, 6.45) is 0. The van der Waals surface area contributed by atoms with Gasteiger partial charge in [-0.1, -0.05) is 23.7 Å². The van der Waals surface area contributed by atoms with Gasteiger partial charge in [-0.15, -0.1) is 0 Å². The van der Waals surface area contributed by atoms with Crippen LogP contribution in [0.15, 0.2) is 36.4 Å². The molecule has 1 N–H and O–H groups in total. The summed E-state index contributed by atoms with van der Waals surface area (Å²) in [6, 6.07) is 11.6. The quantitative estimate of drug-likeness (QED) is 0.925. The summed E-state index contributed by atoms with van der Waals surface area (Å²) >= 11 is 6.11. The molecule has 2 heterocycles. The van der Waals surface area contributed by atoms with Gasteiger partial charge in [0.05, 0.1) is 6.04 Å². The van der Waals surface area contributed by atoms with E-state index in [-0.39, 0.29) is 11.9 Å². The van der Waals surface area contributed by atoms with Gasteiger partial charge in [0, 0.05) is 37.4 Å².